The molecule has 64 valence electrons. The van der Waals surface area contributed by atoms with Crippen LogP contribution in [0.3, 0.4) is 0 Å². The predicted octanol–water partition coefficient (Wildman–Crippen LogP) is -0.571. The Balaban J connectivity index is 3.94. The van der Waals surface area contributed by atoms with E-state index in [0.717, 1.165) is 0 Å². The lowest BCUT2D eigenvalue weighted by Gasteiger charge is -2.10. The number of nitrogens with two attached hydrogens (primary N) is 1. The smallest absolute Gasteiger partial charge is 0.219 e. The van der Waals surface area contributed by atoms with Gasteiger partial charge in [-0.25, -0.2) is 0 Å². The molecule has 1 amide bonds. The van der Waals surface area contributed by atoms with E-state index in [1.54, 1.807) is 14.0 Å². The van der Waals surface area contributed by atoms with Gasteiger partial charge in [0.25, 0.3) is 0 Å². The number of nitrogens with one attached hydrogen (secondary N) is 1. The van der Waals surface area contributed by atoms with E-state index < -0.39 is 11.9 Å². The molecule has 4 heteroatoms. The Bertz CT molecular complexity index is 157. The standard InChI is InChI=1S/C7H14N2O2/c1-3-6(10)5(9-2)4-7(8)11/h5,9H,3-4H2,1-2H3,(H2,8,11)/t5-/m0/s1. The molecular weight excluding hydrogens is 144 g/mol. The predicted molar refractivity (Wildman–Crippen MR) is 42.0 cm³/mol. The van der Waals surface area contributed by atoms with Gasteiger partial charge in [0.05, 0.1) is 6.04 Å². The van der Waals surface area contributed by atoms with Crippen molar-refractivity contribution in [2.24, 2.45) is 5.73 Å². The van der Waals surface area contributed by atoms with E-state index in [0.29, 0.717) is 6.42 Å². The minimum absolute atomic E-state index is 0.0197. The van der Waals surface area contributed by atoms with Crippen LogP contribution < -0.4 is 11.1 Å². The van der Waals surface area contributed by atoms with Crippen LogP contribution in [0.2, 0.25) is 0 Å². The topological polar surface area (TPSA) is 72.2 Å². The fourth-order valence-corrected chi connectivity index (χ4v) is 0.824. The Labute approximate surface area is 66.1 Å². The van der Waals surface area contributed by atoms with E-state index in [4.69, 9.17) is 5.73 Å². The first-order chi connectivity index (χ1) is 5.11. The summed E-state index contributed by atoms with van der Waals surface area (Å²) in [6.45, 7) is 1.76. The van der Waals surface area contributed by atoms with E-state index in [9.17, 15) is 9.59 Å². The number of amides is 1. The monoisotopic (exact) mass is 158 g/mol. The van der Waals surface area contributed by atoms with Crippen molar-refractivity contribution in [3.05, 3.63) is 0 Å². The van der Waals surface area contributed by atoms with E-state index in [-0.39, 0.29) is 12.2 Å². The molecule has 0 bridgehead atoms. The number of Topliss-reactive ketones (excluding diaryl/α,β-unsaturated/α-hetero) is 1. The van der Waals surface area contributed by atoms with Crippen molar-refractivity contribution in [3.8, 4) is 0 Å². The Morgan fingerprint density at radius 1 is 1.55 bits per heavy atom. The van der Waals surface area contributed by atoms with Crippen molar-refractivity contribution in [1.82, 2.24) is 5.32 Å². The number of rotatable bonds is 5. The molecule has 0 spiro atoms. The zero-order valence-electron chi connectivity index (χ0n) is 6.89. The summed E-state index contributed by atoms with van der Waals surface area (Å²) < 4.78 is 0. The molecule has 0 rings (SSSR count). The lowest BCUT2D eigenvalue weighted by atomic mass is 10.1. The van der Waals surface area contributed by atoms with Gasteiger partial charge in [0.15, 0.2) is 0 Å². The van der Waals surface area contributed by atoms with E-state index in [2.05, 4.69) is 5.32 Å². The highest BCUT2D eigenvalue weighted by atomic mass is 16.1. The molecule has 0 unspecified atom stereocenters. The summed E-state index contributed by atoms with van der Waals surface area (Å²) in [6, 6.07) is -0.405. The van der Waals surface area contributed by atoms with E-state index in [1.807, 2.05) is 0 Å². The molecule has 0 aliphatic heterocycles. The fourth-order valence-electron chi connectivity index (χ4n) is 0.824. The summed E-state index contributed by atoms with van der Waals surface area (Å²) in [7, 11) is 1.64. The zero-order chi connectivity index (χ0) is 8.85. The van der Waals surface area contributed by atoms with Crippen molar-refractivity contribution < 1.29 is 9.59 Å². The SMILES string of the molecule is CCC(=O)[C@H](CC(N)=O)NC. The van der Waals surface area contributed by atoms with Gasteiger partial charge in [-0.15, -0.1) is 0 Å². The highest BCUT2D eigenvalue weighted by Crippen LogP contribution is 1.95. The first kappa shape index (κ1) is 10.1. The normalized spacial score (nSPS) is 12.5. The Hall–Kier alpha value is -0.900. The van der Waals surface area contributed by atoms with Gasteiger partial charge in [-0.2, -0.15) is 0 Å². The molecule has 0 fully saturated rings. The van der Waals surface area contributed by atoms with Gasteiger partial charge in [-0.3, -0.25) is 9.59 Å². The molecule has 0 aliphatic carbocycles. The largest absolute Gasteiger partial charge is 0.370 e. The van der Waals surface area contributed by atoms with Gasteiger partial charge in [0.2, 0.25) is 5.91 Å². The maximum Gasteiger partial charge on any atom is 0.219 e. The van der Waals surface area contributed by atoms with Crippen molar-refractivity contribution in [3.63, 3.8) is 0 Å². The van der Waals surface area contributed by atoms with Gasteiger partial charge < -0.3 is 11.1 Å². The van der Waals surface area contributed by atoms with Gasteiger partial charge in [0.1, 0.15) is 5.78 Å². The summed E-state index contributed by atoms with van der Waals surface area (Å²) in [5, 5.41) is 2.73. The van der Waals surface area contributed by atoms with E-state index in [1.165, 1.54) is 0 Å². The molecule has 3 N–H and O–H groups in total. The average Bonchev–Trinajstić information content (AvgIpc) is 1.98. The van der Waals surface area contributed by atoms with Gasteiger partial charge in [0, 0.05) is 12.8 Å². The summed E-state index contributed by atoms with van der Waals surface area (Å²) in [5.74, 6) is -0.433. The minimum Gasteiger partial charge on any atom is -0.370 e. The third-order valence-corrected chi connectivity index (χ3v) is 1.49. The van der Waals surface area contributed by atoms with Crippen LogP contribution in [-0.4, -0.2) is 24.8 Å². The summed E-state index contributed by atoms with van der Waals surface area (Å²) in [6.07, 6.45) is 0.516. The number of hydrogen-bond acceptors (Lipinski definition) is 3. The molecule has 4 nitrogen and oxygen atoms in total. The fraction of sp³-hybridized carbons (Fsp3) is 0.714. The second-order valence-corrected chi connectivity index (χ2v) is 2.33. The first-order valence-corrected chi connectivity index (χ1v) is 3.60. The highest BCUT2D eigenvalue weighted by molar-refractivity contribution is 5.88. The van der Waals surface area contributed by atoms with Crippen LogP contribution in [-0.2, 0) is 9.59 Å². The van der Waals surface area contributed by atoms with Crippen molar-refractivity contribution >= 4 is 11.7 Å². The molecule has 0 saturated heterocycles. The van der Waals surface area contributed by atoms with Crippen LogP contribution in [0, 0.1) is 0 Å². The van der Waals surface area contributed by atoms with Crippen LogP contribution in [0.5, 0.6) is 0 Å². The molecule has 0 aromatic heterocycles. The molecule has 1 atom stereocenters. The maximum atomic E-state index is 11.0. The number of likely N-dealkylation sites (N-methyl/N-ethyl adjacent to an activating group) is 1. The molecule has 0 aromatic rings. The quantitative estimate of drug-likeness (QED) is 0.562. The van der Waals surface area contributed by atoms with E-state index >= 15 is 0 Å². The summed E-state index contributed by atoms with van der Waals surface area (Å²) >= 11 is 0. The minimum atomic E-state index is -0.453. The van der Waals surface area contributed by atoms with Crippen LogP contribution in [0.1, 0.15) is 19.8 Å². The Kier molecular flexibility index (Phi) is 4.45. The van der Waals surface area contributed by atoms with Gasteiger partial charge in [-0.1, -0.05) is 6.92 Å². The van der Waals surface area contributed by atoms with Crippen molar-refractivity contribution in [1.29, 1.82) is 0 Å². The second-order valence-electron chi connectivity index (χ2n) is 2.33. The summed E-state index contributed by atoms with van der Waals surface area (Å²) in [5.41, 5.74) is 4.93. The number of hydrogen-bond donors (Lipinski definition) is 2. The van der Waals surface area contributed by atoms with Gasteiger partial charge >= 0.3 is 0 Å². The van der Waals surface area contributed by atoms with Gasteiger partial charge in [-0.05, 0) is 7.05 Å². The number of primary amides is 1. The van der Waals surface area contributed by atoms with Crippen LogP contribution in [0.15, 0.2) is 0 Å². The zero-order valence-corrected chi connectivity index (χ0v) is 6.89. The number of ketones is 1. The van der Waals surface area contributed by atoms with Crippen molar-refractivity contribution in [2.75, 3.05) is 7.05 Å². The molecule has 0 heterocycles. The third kappa shape index (κ3) is 3.72. The highest BCUT2D eigenvalue weighted by Gasteiger charge is 2.15. The lowest BCUT2D eigenvalue weighted by Crippen LogP contribution is -2.37. The van der Waals surface area contributed by atoms with Crippen LogP contribution in [0.4, 0.5) is 0 Å². The Morgan fingerprint density at radius 2 is 2.09 bits per heavy atom. The molecule has 0 radical (unpaired) electrons. The summed E-state index contributed by atoms with van der Waals surface area (Å²) in [4.78, 5) is 21.4. The lowest BCUT2D eigenvalue weighted by molar-refractivity contribution is -0.125. The van der Waals surface area contributed by atoms with Crippen LogP contribution in [0.25, 0.3) is 0 Å². The first-order valence-electron chi connectivity index (χ1n) is 3.60. The number of carbonyl (C=O) groups excluding carboxylic acids is 2. The average molecular weight is 158 g/mol. The molecule has 0 aromatic carbocycles. The molecular formula is C7H14N2O2. The maximum absolute atomic E-state index is 11.0. The molecule has 0 aliphatic rings. The number of carbonyl (C=O) groups is 2. The Morgan fingerprint density at radius 3 is 2.36 bits per heavy atom. The third-order valence-electron chi connectivity index (χ3n) is 1.49. The molecule has 0 saturated carbocycles. The molecule has 11 heavy (non-hydrogen) atoms. The van der Waals surface area contributed by atoms with Crippen molar-refractivity contribution in [2.45, 2.75) is 25.8 Å². The second kappa shape index (κ2) is 4.85. The van der Waals surface area contributed by atoms with Crippen LogP contribution >= 0.6 is 0 Å².